The Bertz CT molecular complexity index is 1100. The highest BCUT2D eigenvalue weighted by Gasteiger charge is 2.28. The summed E-state index contributed by atoms with van der Waals surface area (Å²) < 4.78 is 0. The highest BCUT2D eigenvalue weighted by atomic mass is 16.5. The summed E-state index contributed by atoms with van der Waals surface area (Å²) in [5.41, 5.74) is 8.48. The number of allylic oxidation sites excluding steroid dienone is 1. The van der Waals surface area contributed by atoms with Gasteiger partial charge in [0.25, 0.3) is 5.91 Å². The standard InChI is InChI=1S/C25H29N3O3/c1-17(14-25(30)27-31)18-6-8-22-19(15-18)7-9-24(22)28(12-13-29)11-10-20-16-26-23-5-3-2-4-21(20)23/h2-6,8,14-16,24,26,29,31H,7,9-13H2,1H3,(H,27,30). The van der Waals surface area contributed by atoms with Crippen molar-refractivity contribution in [3.05, 3.63) is 77.0 Å². The van der Waals surface area contributed by atoms with Crippen LogP contribution >= 0.6 is 0 Å². The average molecular weight is 420 g/mol. The summed E-state index contributed by atoms with van der Waals surface area (Å²) in [6, 6.07) is 15.0. The Morgan fingerprint density at radius 1 is 1.26 bits per heavy atom. The lowest BCUT2D eigenvalue weighted by molar-refractivity contribution is -0.124. The van der Waals surface area contributed by atoms with Crippen LogP contribution in [-0.4, -0.2) is 45.8 Å². The molecule has 1 aromatic heterocycles. The van der Waals surface area contributed by atoms with Crippen molar-refractivity contribution in [1.82, 2.24) is 15.4 Å². The minimum Gasteiger partial charge on any atom is -0.395 e. The van der Waals surface area contributed by atoms with Gasteiger partial charge in [-0.15, -0.1) is 0 Å². The van der Waals surface area contributed by atoms with Crippen molar-refractivity contribution in [2.75, 3.05) is 19.7 Å². The van der Waals surface area contributed by atoms with Crippen molar-refractivity contribution in [3.63, 3.8) is 0 Å². The minimum atomic E-state index is -0.526. The molecule has 0 spiro atoms. The van der Waals surface area contributed by atoms with Gasteiger partial charge in [-0.05, 0) is 60.1 Å². The number of aryl methyl sites for hydroxylation is 1. The molecule has 1 aliphatic rings. The SMILES string of the molecule is CC(=CC(=O)NO)c1ccc2c(c1)CCC2N(CCO)CCc1c[nH]c2ccccc12. The Kier molecular flexibility index (Phi) is 6.51. The molecule has 3 aromatic rings. The lowest BCUT2D eigenvalue weighted by Crippen LogP contribution is -2.32. The molecule has 4 rings (SSSR count). The maximum atomic E-state index is 11.4. The molecule has 2 aromatic carbocycles. The maximum absolute atomic E-state index is 11.4. The third-order valence-electron chi connectivity index (χ3n) is 6.27. The zero-order chi connectivity index (χ0) is 21.8. The molecule has 0 aliphatic heterocycles. The number of carbonyl (C=O) groups excluding carboxylic acids is 1. The second kappa shape index (κ2) is 9.47. The number of hydrogen-bond donors (Lipinski definition) is 4. The molecule has 1 unspecified atom stereocenters. The number of hydrogen-bond acceptors (Lipinski definition) is 4. The molecule has 0 bridgehead atoms. The normalized spacial score (nSPS) is 16.1. The van der Waals surface area contributed by atoms with Gasteiger partial charge in [0.05, 0.1) is 6.61 Å². The van der Waals surface area contributed by atoms with E-state index in [1.165, 1.54) is 28.2 Å². The van der Waals surface area contributed by atoms with Crippen LogP contribution in [0.15, 0.2) is 54.7 Å². The first-order valence-corrected chi connectivity index (χ1v) is 10.8. The predicted molar refractivity (Wildman–Crippen MR) is 122 cm³/mol. The number of aliphatic hydroxyl groups is 1. The van der Waals surface area contributed by atoms with Crippen LogP contribution in [-0.2, 0) is 17.6 Å². The monoisotopic (exact) mass is 419 g/mol. The molecule has 0 saturated carbocycles. The summed E-state index contributed by atoms with van der Waals surface area (Å²) in [5, 5.41) is 19.7. The topological polar surface area (TPSA) is 88.6 Å². The van der Waals surface area contributed by atoms with Gasteiger partial charge in [-0.3, -0.25) is 14.9 Å². The summed E-state index contributed by atoms with van der Waals surface area (Å²) in [7, 11) is 0. The van der Waals surface area contributed by atoms with Crippen LogP contribution < -0.4 is 5.48 Å². The van der Waals surface area contributed by atoms with Gasteiger partial charge >= 0.3 is 0 Å². The largest absolute Gasteiger partial charge is 0.395 e. The molecule has 1 amide bonds. The molecule has 0 saturated heterocycles. The molecule has 1 heterocycles. The van der Waals surface area contributed by atoms with E-state index in [0.717, 1.165) is 42.5 Å². The Labute approximate surface area is 182 Å². The molecule has 31 heavy (non-hydrogen) atoms. The molecule has 1 aliphatic carbocycles. The van der Waals surface area contributed by atoms with E-state index < -0.39 is 5.91 Å². The van der Waals surface area contributed by atoms with Crippen LogP contribution in [0.1, 0.15) is 41.6 Å². The van der Waals surface area contributed by atoms with E-state index in [1.807, 2.05) is 19.1 Å². The number of hydroxylamine groups is 1. The van der Waals surface area contributed by atoms with Gasteiger partial charge in [-0.2, -0.15) is 0 Å². The first-order chi connectivity index (χ1) is 15.1. The number of nitrogens with zero attached hydrogens (tertiary/aromatic N) is 1. The fourth-order valence-electron chi connectivity index (χ4n) is 4.69. The van der Waals surface area contributed by atoms with Gasteiger partial charge in [0.15, 0.2) is 0 Å². The van der Waals surface area contributed by atoms with Gasteiger partial charge < -0.3 is 10.1 Å². The van der Waals surface area contributed by atoms with Crippen LogP contribution in [0.3, 0.4) is 0 Å². The van der Waals surface area contributed by atoms with Crippen molar-refractivity contribution in [1.29, 1.82) is 0 Å². The number of para-hydroxylation sites is 1. The lowest BCUT2D eigenvalue weighted by atomic mass is 9.99. The highest BCUT2D eigenvalue weighted by Crippen LogP contribution is 2.37. The first kappa shape index (κ1) is 21.3. The number of fused-ring (bicyclic) bond motifs is 2. The van der Waals surface area contributed by atoms with Crippen molar-refractivity contribution < 1.29 is 15.1 Å². The van der Waals surface area contributed by atoms with Crippen LogP contribution in [0.4, 0.5) is 0 Å². The second-order valence-electron chi connectivity index (χ2n) is 8.14. The van der Waals surface area contributed by atoms with E-state index in [4.69, 9.17) is 5.21 Å². The van der Waals surface area contributed by atoms with Gasteiger partial charge in [0.1, 0.15) is 0 Å². The van der Waals surface area contributed by atoms with E-state index in [2.05, 4.69) is 46.4 Å². The van der Waals surface area contributed by atoms with Crippen LogP contribution in [0, 0.1) is 0 Å². The number of H-pyrrole nitrogens is 1. The quantitative estimate of drug-likeness (QED) is 0.255. The summed E-state index contributed by atoms with van der Waals surface area (Å²) in [5.74, 6) is -0.526. The number of rotatable bonds is 8. The lowest BCUT2D eigenvalue weighted by Gasteiger charge is -2.29. The fraction of sp³-hybridized carbons (Fsp3) is 0.320. The Morgan fingerprint density at radius 3 is 2.90 bits per heavy atom. The molecule has 1 atom stereocenters. The van der Waals surface area contributed by atoms with Crippen molar-refractivity contribution in [2.45, 2.75) is 32.2 Å². The van der Waals surface area contributed by atoms with Crippen LogP contribution in [0.2, 0.25) is 0 Å². The van der Waals surface area contributed by atoms with Gasteiger partial charge in [0.2, 0.25) is 0 Å². The van der Waals surface area contributed by atoms with E-state index in [9.17, 15) is 9.90 Å². The number of benzene rings is 2. The zero-order valence-corrected chi connectivity index (χ0v) is 17.8. The van der Waals surface area contributed by atoms with Gasteiger partial charge in [-0.25, -0.2) is 5.48 Å². The predicted octanol–water partition coefficient (Wildman–Crippen LogP) is 3.60. The number of carbonyl (C=O) groups is 1. The number of aromatic amines is 1. The van der Waals surface area contributed by atoms with Gasteiger partial charge in [0, 0.05) is 42.3 Å². The third-order valence-corrected chi connectivity index (χ3v) is 6.27. The van der Waals surface area contributed by atoms with Crippen molar-refractivity contribution >= 4 is 22.4 Å². The molecular formula is C25H29N3O3. The van der Waals surface area contributed by atoms with Gasteiger partial charge in [-0.1, -0.05) is 36.4 Å². The molecule has 6 nitrogen and oxygen atoms in total. The molecule has 4 N–H and O–H groups in total. The number of aliphatic hydroxyl groups excluding tert-OH is 1. The average Bonchev–Trinajstić information content (AvgIpc) is 3.40. The van der Waals surface area contributed by atoms with E-state index in [0.29, 0.717) is 6.54 Å². The summed E-state index contributed by atoms with van der Waals surface area (Å²) >= 11 is 0. The van der Waals surface area contributed by atoms with E-state index >= 15 is 0 Å². The third kappa shape index (κ3) is 4.56. The van der Waals surface area contributed by atoms with Crippen LogP contribution in [0.5, 0.6) is 0 Å². The summed E-state index contributed by atoms with van der Waals surface area (Å²) in [4.78, 5) is 17.2. The first-order valence-electron chi connectivity index (χ1n) is 10.8. The van der Waals surface area contributed by atoms with Crippen molar-refractivity contribution in [3.8, 4) is 0 Å². The number of nitrogens with one attached hydrogen (secondary N) is 2. The number of amides is 1. The number of aromatic nitrogens is 1. The van der Waals surface area contributed by atoms with Crippen molar-refractivity contribution in [2.24, 2.45) is 0 Å². The zero-order valence-electron chi connectivity index (χ0n) is 17.8. The Balaban J connectivity index is 1.51. The fourth-order valence-corrected chi connectivity index (χ4v) is 4.69. The summed E-state index contributed by atoms with van der Waals surface area (Å²) in [6.45, 7) is 3.52. The minimum absolute atomic E-state index is 0.135. The van der Waals surface area contributed by atoms with E-state index in [1.54, 1.807) is 5.48 Å². The second-order valence-corrected chi connectivity index (χ2v) is 8.14. The maximum Gasteiger partial charge on any atom is 0.267 e. The molecule has 0 fully saturated rings. The molecule has 6 heteroatoms. The molecule has 162 valence electrons. The van der Waals surface area contributed by atoms with E-state index in [-0.39, 0.29) is 12.6 Å². The molecular weight excluding hydrogens is 390 g/mol. The Hall–Kier alpha value is -2.93. The smallest absolute Gasteiger partial charge is 0.267 e. The van der Waals surface area contributed by atoms with Crippen LogP contribution in [0.25, 0.3) is 16.5 Å². The highest BCUT2D eigenvalue weighted by molar-refractivity contribution is 5.94. The molecule has 0 radical (unpaired) electrons. The Morgan fingerprint density at radius 2 is 2.10 bits per heavy atom. The summed E-state index contributed by atoms with van der Waals surface area (Å²) in [6.07, 6.45) is 6.41.